The molecule has 0 unspecified atom stereocenters. The number of thioether (sulfide) groups is 1. The number of hydrogen-bond acceptors (Lipinski definition) is 4. The van der Waals surface area contributed by atoms with Crippen molar-refractivity contribution in [3.8, 4) is 5.75 Å². The Morgan fingerprint density at radius 1 is 1.09 bits per heavy atom. The highest BCUT2D eigenvalue weighted by Crippen LogP contribution is 2.38. The zero-order chi connectivity index (χ0) is 22.8. The molecular weight excluding hydrogens is 556 g/mol. The maximum Gasteiger partial charge on any atom is 0.270 e. The molecule has 0 saturated carbocycles. The lowest BCUT2D eigenvalue weighted by molar-refractivity contribution is -0.113. The Hall–Kier alpha value is -1.90. The number of thiocarbonyl (C=S) groups is 1. The average Bonchev–Trinajstić information content (AvgIpc) is 3.03. The van der Waals surface area contributed by atoms with E-state index in [1.165, 1.54) is 34.9 Å². The Labute approximate surface area is 212 Å². The molecule has 0 atom stereocenters. The number of anilines is 1. The third kappa shape index (κ3) is 5.18. The molecule has 9 heteroatoms. The molecule has 1 fully saturated rings. The smallest absolute Gasteiger partial charge is 0.270 e. The third-order valence-electron chi connectivity index (χ3n) is 4.52. The maximum absolute atomic E-state index is 13.5. The second kappa shape index (κ2) is 9.93. The summed E-state index contributed by atoms with van der Waals surface area (Å²) >= 11 is 21.8. The van der Waals surface area contributed by atoms with E-state index < -0.39 is 5.82 Å². The van der Waals surface area contributed by atoms with Gasteiger partial charge in [-0.05, 0) is 75.6 Å². The van der Waals surface area contributed by atoms with Crippen LogP contribution in [-0.2, 0) is 11.4 Å². The summed E-state index contributed by atoms with van der Waals surface area (Å²) in [4.78, 5) is 14.7. The summed E-state index contributed by atoms with van der Waals surface area (Å²) in [5.41, 5.74) is 2.22. The molecule has 162 valence electrons. The minimum Gasteiger partial charge on any atom is -0.488 e. The van der Waals surface area contributed by atoms with Crippen LogP contribution >= 0.6 is 63.1 Å². The van der Waals surface area contributed by atoms with Gasteiger partial charge < -0.3 is 4.74 Å². The first-order valence-corrected chi connectivity index (χ1v) is 12.0. The first kappa shape index (κ1) is 23.3. The summed E-state index contributed by atoms with van der Waals surface area (Å²) in [6.45, 7) is 0.397. The van der Waals surface area contributed by atoms with E-state index in [4.69, 9.17) is 40.2 Å². The van der Waals surface area contributed by atoms with Gasteiger partial charge in [0.1, 0.15) is 18.2 Å². The summed E-state index contributed by atoms with van der Waals surface area (Å²) in [7, 11) is 0. The van der Waals surface area contributed by atoms with Gasteiger partial charge in [0.15, 0.2) is 4.32 Å². The van der Waals surface area contributed by atoms with Crippen LogP contribution in [0.4, 0.5) is 10.1 Å². The van der Waals surface area contributed by atoms with Crippen molar-refractivity contribution in [3.63, 3.8) is 0 Å². The largest absolute Gasteiger partial charge is 0.488 e. The molecular formula is C23H13BrCl2FNO2S2. The minimum atomic E-state index is -0.556. The molecule has 1 amide bonds. The first-order valence-electron chi connectivity index (χ1n) is 9.21. The molecule has 1 aliphatic heterocycles. The van der Waals surface area contributed by atoms with E-state index in [1.807, 2.05) is 42.5 Å². The Morgan fingerprint density at radius 2 is 1.84 bits per heavy atom. The third-order valence-corrected chi connectivity index (χ3v) is 6.98. The van der Waals surface area contributed by atoms with E-state index in [0.717, 1.165) is 15.6 Å². The van der Waals surface area contributed by atoms with Gasteiger partial charge >= 0.3 is 0 Å². The molecule has 1 heterocycles. The maximum atomic E-state index is 13.5. The van der Waals surface area contributed by atoms with Gasteiger partial charge in [-0.15, -0.1) is 0 Å². The Bertz CT molecular complexity index is 1250. The number of nitrogens with zero attached hydrogens (tertiary/aromatic N) is 1. The van der Waals surface area contributed by atoms with Crippen molar-refractivity contribution >= 4 is 85.1 Å². The summed E-state index contributed by atoms with van der Waals surface area (Å²) in [6.07, 6.45) is 1.75. The van der Waals surface area contributed by atoms with Crippen molar-refractivity contribution in [1.29, 1.82) is 0 Å². The topological polar surface area (TPSA) is 29.5 Å². The molecule has 32 heavy (non-hydrogen) atoms. The fourth-order valence-corrected chi connectivity index (χ4v) is 5.04. The van der Waals surface area contributed by atoms with Crippen molar-refractivity contribution < 1.29 is 13.9 Å². The molecule has 0 aromatic heterocycles. The first-order chi connectivity index (χ1) is 15.3. The highest BCUT2D eigenvalue weighted by atomic mass is 79.9. The zero-order valence-corrected chi connectivity index (χ0v) is 20.9. The van der Waals surface area contributed by atoms with Crippen LogP contribution in [0.2, 0.25) is 10.0 Å². The van der Waals surface area contributed by atoms with Crippen molar-refractivity contribution in [2.45, 2.75) is 6.61 Å². The van der Waals surface area contributed by atoms with Gasteiger partial charge in [-0.2, -0.15) is 0 Å². The van der Waals surface area contributed by atoms with Crippen molar-refractivity contribution in [3.05, 3.63) is 97.0 Å². The monoisotopic (exact) mass is 567 g/mol. The molecule has 0 bridgehead atoms. The van der Waals surface area contributed by atoms with Crippen LogP contribution < -0.4 is 9.64 Å². The van der Waals surface area contributed by atoms with E-state index in [0.29, 0.717) is 32.3 Å². The highest BCUT2D eigenvalue weighted by molar-refractivity contribution is 9.10. The van der Waals surface area contributed by atoms with Gasteiger partial charge in [-0.3, -0.25) is 9.69 Å². The number of rotatable bonds is 5. The number of carbonyl (C=O) groups is 1. The fourth-order valence-electron chi connectivity index (χ4n) is 2.93. The van der Waals surface area contributed by atoms with Crippen LogP contribution in [0, 0.1) is 5.82 Å². The number of benzene rings is 3. The summed E-state index contributed by atoms with van der Waals surface area (Å²) < 4.78 is 20.4. The summed E-state index contributed by atoms with van der Waals surface area (Å²) in [5, 5.41) is 0.603. The normalized spacial score (nSPS) is 15.0. The average molecular weight is 569 g/mol. The van der Waals surface area contributed by atoms with Gasteiger partial charge in [0, 0.05) is 5.02 Å². The molecule has 3 nitrogen and oxygen atoms in total. The second-order valence-corrected chi connectivity index (χ2v) is 10.1. The highest BCUT2D eigenvalue weighted by Gasteiger charge is 2.33. The Morgan fingerprint density at radius 3 is 2.53 bits per heavy atom. The number of ether oxygens (including phenoxy) is 1. The van der Waals surface area contributed by atoms with E-state index in [2.05, 4.69) is 15.9 Å². The number of halogens is 4. The van der Waals surface area contributed by atoms with Gasteiger partial charge in [-0.25, -0.2) is 4.39 Å². The van der Waals surface area contributed by atoms with Crippen LogP contribution in [0.1, 0.15) is 11.1 Å². The standard InChI is InChI=1S/C23H13BrCl2FNO2S2/c24-17-9-14(3-8-20(17)30-12-13-1-4-15(25)5-2-13)10-21-22(29)28(23(31)32-21)16-6-7-19(27)18(26)11-16/h1-11H,12H2/b21-10+. The molecule has 1 aliphatic rings. The molecule has 0 spiro atoms. The predicted octanol–water partition coefficient (Wildman–Crippen LogP) is 7.88. The van der Waals surface area contributed by atoms with Gasteiger partial charge in [-0.1, -0.05) is 65.4 Å². The molecule has 3 aromatic carbocycles. The van der Waals surface area contributed by atoms with Gasteiger partial charge in [0.05, 0.1) is 20.1 Å². The lowest BCUT2D eigenvalue weighted by atomic mass is 10.2. The van der Waals surface area contributed by atoms with Crippen molar-refractivity contribution in [2.24, 2.45) is 0 Å². The van der Waals surface area contributed by atoms with Crippen LogP contribution in [0.25, 0.3) is 6.08 Å². The lowest BCUT2D eigenvalue weighted by Crippen LogP contribution is -2.27. The summed E-state index contributed by atoms with van der Waals surface area (Å²) in [6, 6.07) is 17.0. The van der Waals surface area contributed by atoms with Crippen LogP contribution in [0.3, 0.4) is 0 Å². The zero-order valence-electron chi connectivity index (χ0n) is 16.2. The molecule has 4 rings (SSSR count). The lowest BCUT2D eigenvalue weighted by Gasteiger charge is -2.14. The SMILES string of the molecule is O=C1/C(=C\c2ccc(OCc3ccc(Cl)cc3)c(Br)c2)SC(=S)N1c1ccc(F)c(Cl)c1. The molecule has 3 aromatic rings. The molecule has 1 saturated heterocycles. The van der Waals surface area contributed by atoms with Crippen LogP contribution in [-0.4, -0.2) is 10.2 Å². The minimum absolute atomic E-state index is 0.0707. The van der Waals surface area contributed by atoms with E-state index in [-0.39, 0.29) is 10.9 Å². The summed E-state index contributed by atoms with van der Waals surface area (Å²) in [5.74, 6) is -0.174. The predicted molar refractivity (Wildman–Crippen MR) is 137 cm³/mol. The Kier molecular flexibility index (Phi) is 7.22. The van der Waals surface area contributed by atoms with Crippen molar-refractivity contribution in [1.82, 2.24) is 0 Å². The van der Waals surface area contributed by atoms with E-state index in [1.54, 1.807) is 6.08 Å². The van der Waals surface area contributed by atoms with Crippen LogP contribution in [0.5, 0.6) is 5.75 Å². The fraction of sp³-hybridized carbons (Fsp3) is 0.0435. The second-order valence-electron chi connectivity index (χ2n) is 6.72. The van der Waals surface area contributed by atoms with Crippen LogP contribution in [0.15, 0.2) is 70.0 Å². The van der Waals surface area contributed by atoms with Crippen molar-refractivity contribution in [2.75, 3.05) is 4.90 Å². The number of amides is 1. The number of carbonyl (C=O) groups excluding carboxylic acids is 1. The van der Waals surface area contributed by atoms with Gasteiger partial charge in [0.25, 0.3) is 5.91 Å². The van der Waals surface area contributed by atoms with Gasteiger partial charge in [0.2, 0.25) is 0 Å². The Balaban J connectivity index is 1.50. The van der Waals surface area contributed by atoms with E-state index in [9.17, 15) is 9.18 Å². The molecule has 0 N–H and O–H groups in total. The quantitative estimate of drug-likeness (QED) is 0.231. The molecule has 0 radical (unpaired) electrons. The van der Waals surface area contributed by atoms with E-state index >= 15 is 0 Å². The number of hydrogen-bond donors (Lipinski definition) is 0. The molecule has 0 aliphatic carbocycles.